The number of hydrogen-bond donors (Lipinski definition) is 0. The van der Waals surface area contributed by atoms with Crippen LogP contribution in [0.5, 0.6) is 0 Å². The van der Waals surface area contributed by atoms with Crippen LogP contribution in [-0.2, 0) is 14.9 Å². The molecular formula is C15H19FO2. The van der Waals surface area contributed by atoms with Crippen LogP contribution in [0.4, 0.5) is 4.39 Å². The van der Waals surface area contributed by atoms with Crippen molar-refractivity contribution in [3.05, 3.63) is 35.6 Å². The van der Waals surface area contributed by atoms with Gasteiger partial charge in [-0.1, -0.05) is 12.1 Å². The summed E-state index contributed by atoms with van der Waals surface area (Å²) >= 11 is 0. The van der Waals surface area contributed by atoms with E-state index < -0.39 is 0 Å². The van der Waals surface area contributed by atoms with Crippen molar-refractivity contribution in [1.82, 2.24) is 0 Å². The van der Waals surface area contributed by atoms with Gasteiger partial charge in [0, 0.05) is 18.4 Å². The van der Waals surface area contributed by atoms with E-state index in [0.717, 1.165) is 24.7 Å². The molecule has 0 bridgehead atoms. The Kier molecular flexibility index (Phi) is 3.53. The summed E-state index contributed by atoms with van der Waals surface area (Å²) in [5, 5.41) is 0. The number of hydrogen-bond acceptors (Lipinski definition) is 2. The van der Waals surface area contributed by atoms with Crippen LogP contribution >= 0.6 is 0 Å². The van der Waals surface area contributed by atoms with Crippen molar-refractivity contribution in [2.75, 3.05) is 6.61 Å². The summed E-state index contributed by atoms with van der Waals surface area (Å²) in [7, 11) is 0. The molecule has 2 nitrogen and oxygen atoms in total. The van der Waals surface area contributed by atoms with Crippen LogP contribution < -0.4 is 0 Å². The smallest absolute Gasteiger partial charge is 0.123 e. The number of rotatable bonds is 3. The summed E-state index contributed by atoms with van der Waals surface area (Å²) < 4.78 is 18.7. The second-order valence-electron chi connectivity index (χ2n) is 5.69. The van der Waals surface area contributed by atoms with E-state index in [0.29, 0.717) is 13.0 Å². The van der Waals surface area contributed by atoms with Gasteiger partial charge in [0.15, 0.2) is 0 Å². The average molecular weight is 250 g/mol. The average Bonchev–Trinajstić information content (AvgIpc) is 2.28. The Hall–Kier alpha value is -1.22. The third-order valence-electron chi connectivity index (χ3n) is 3.77. The van der Waals surface area contributed by atoms with Gasteiger partial charge in [-0.3, -0.25) is 0 Å². The van der Waals surface area contributed by atoms with E-state index >= 15 is 0 Å². The van der Waals surface area contributed by atoms with Crippen molar-refractivity contribution in [2.24, 2.45) is 0 Å². The van der Waals surface area contributed by atoms with Gasteiger partial charge in [-0.25, -0.2) is 4.39 Å². The quantitative estimate of drug-likeness (QED) is 0.770. The fourth-order valence-corrected chi connectivity index (χ4v) is 2.98. The molecule has 0 N–H and O–H groups in total. The highest BCUT2D eigenvalue weighted by molar-refractivity contribution is 5.54. The fourth-order valence-electron chi connectivity index (χ4n) is 2.98. The first-order chi connectivity index (χ1) is 8.47. The number of benzene rings is 1. The van der Waals surface area contributed by atoms with Gasteiger partial charge >= 0.3 is 0 Å². The van der Waals surface area contributed by atoms with E-state index in [1.54, 1.807) is 12.1 Å². The van der Waals surface area contributed by atoms with E-state index in [-0.39, 0.29) is 16.8 Å². The molecule has 18 heavy (non-hydrogen) atoms. The number of aldehydes is 1. The maximum Gasteiger partial charge on any atom is 0.123 e. The molecule has 0 spiro atoms. The Bertz CT molecular complexity index is 425. The van der Waals surface area contributed by atoms with E-state index in [9.17, 15) is 9.18 Å². The zero-order valence-corrected chi connectivity index (χ0v) is 10.9. The van der Waals surface area contributed by atoms with Gasteiger partial charge in [-0.2, -0.15) is 0 Å². The zero-order valence-electron chi connectivity index (χ0n) is 10.9. The summed E-state index contributed by atoms with van der Waals surface area (Å²) in [5.74, 6) is -0.244. The number of ether oxygens (including phenoxy) is 1. The summed E-state index contributed by atoms with van der Waals surface area (Å²) in [6.07, 6.45) is 3.02. The maximum absolute atomic E-state index is 13.0. The lowest BCUT2D eigenvalue weighted by molar-refractivity contribution is -0.114. The molecule has 2 rings (SSSR count). The lowest BCUT2D eigenvalue weighted by atomic mass is 9.67. The predicted octanol–water partition coefficient (Wildman–Crippen LogP) is 3.24. The minimum Gasteiger partial charge on any atom is -0.376 e. The van der Waals surface area contributed by atoms with E-state index in [2.05, 4.69) is 0 Å². The molecule has 1 saturated heterocycles. The van der Waals surface area contributed by atoms with E-state index in [1.807, 2.05) is 13.8 Å². The topological polar surface area (TPSA) is 26.3 Å². The molecule has 3 heteroatoms. The second-order valence-corrected chi connectivity index (χ2v) is 5.69. The van der Waals surface area contributed by atoms with Gasteiger partial charge in [-0.05, 0) is 44.4 Å². The molecule has 98 valence electrons. The molecule has 1 aromatic rings. The maximum atomic E-state index is 13.0. The van der Waals surface area contributed by atoms with Crippen LogP contribution in [0, 0.1) is 5.82 Å². The van der Waals surface area contributed by atoms with Gasteiger partial charge in [0.05, 0.1) is 5.60 Å². The standard InChI is InChI=1S/C15H19FO2/c1-14(2)11-15(7-9-17,8-10-18-14)12-3-5-13(16)6-4-12/h3-6,9H,7-8,10-11H2,1-2H3. The van der Waals surface area contributed by atoms with Crippen molar-refractivity contribution >= 4 is 6.29 Å². The number of carbonyl (C=O) groups is 1. The Labute approximate surface area is 107 Å². The molecule has 0 aliphatic carbocycles. The van der Waals surface area contributed by atoms with E-state index in [4.69, 9.17) is 4.74 Å². The SMILES string of the molecule is CC1(C)CC(CC=O)(c2ccc(F)cc2)CCO1. The van der Waals surface area contributed by atoms with Crippen molar-refractivity contribution < 1.29 is 13.9 Å². The van der Waals surface area contributed by atoms with Crippen LogP contribution in [0.15, 0.2) is 24.3 Å². The minimum absolute atomic E-state index is 0.211. The second kappa shape index (κ2) is 4.81. The Morgan fingerprint density at radius 1 is 1.33 bits per heavy atom. The van der Waals surface area contributed by atoms with Gasteiger partial charge < -0.3 is 9.53 Å². The zero-order chi connectivity index (χ0) is 13.2. The van der Waals surface area contributed by atoms with Crippen molar-refractivity contribution in [2.45, 2.75) is 44.1 Å². The predicted molar refractivity (Wildman–Crippen MR) is 68.0 cm³/mol. The van der Waals surface area contributed by atoms with Gasteiger partial charge in [0.1, 0.15) is 12.1 Å². The lowest BCUT2D eigenvalue weighted by Gasteiger charge is -2.44. The van der Waals surface area contributed by atoms with Crippen LogP contribution in [0.1, 0.15) is 38.7 Å². The first kappa shape index (κ1) is 13.2. The summed E-state index contributed by atoms with van der Waals surface area (Å²) in [6, 6.07) is 6.51. The van der Waals surface area contributed by atoms with Crippen LogP contribution in [0.2, 0.25) is 0 Å². The van der Waals surface area contributed by atoms with Crippen LogP contribution in [0.25, 0.3) is 0 Å². The molecular weight excluding hydrogens is 231 g/mol. The molecule has 1 heterocycles. The monoisotopic (exact) mass is 250 g/mol. The summed E-state index contributed by atoms with van der Waals surface area (Å²) in [5.41, 5.74) is 0.583. The van der Waals surface area contributed by atoms with Gasteiger partial charge in [0.25, 0.3) is 0 Å². The number of carbonyl (C=O) groups excluding carboxylic acids is 1. The molecule has 1 atom stereocenters. The molecule has 1 aliphatic rings. The normalized spacial score (nSPS) is 26.8. The third-order valence-corrected chi connectivity index (χ3v) is 3.77. The molecule has 1 unspecified atom stereocenters. The lowest BCUT2D eigenvalue weighted by Crippen LogP contribution is -2.44. The van der Waals surface area contributed by atoms with E-state index in [1.165, 1.54) is 12.1 Å². The first-order valence-electron chi connectivity index (χ1n) is 6.31. The summed E-state index contributed by atoms with van der Waals surface area (Å²) in [4.78, 5) is 11.0. The Morgan fingerprint density at radius 3 is 2.56 bits per heavy atom. The third kappa shape index (κ3) is 2.61. The highest BCUT2D eigenvalue weighted by atomic mass is 19.1. The molecule has 1 aromatic carbocycles. The van der Waals surface area contributed by atoms with Crippen LogP contribution in [0.3, 0.4) is 0 Å². The van der Waals surface area contributed by atoms with Gasteiger partial charge in [0.2, 0.25) is 0 Å². The Morgan fingerprint density at radius 2 is 2.00 bits per heavy atom. The molecule has 1 aliphatic heterocycles. The highest BCUT2D eigenvalue weighted by Crippen LogP contribution is 2.43. The van der Waals surface area contributed by atoms with Crippen LogP contribution in [-0.4, -0.2) is 18.5 Å². The fraction of sp³-hybridized carbons (Fsp3) is 0.533. The minimum atomic E-state index is -0.244. The molecule has 1 fully saturated rings. The highest BCUT2D eigenvalue weighted by Gasteiger charge is 2.41. The molecule has 0 radical (unpaired) electrons. The van der Waals surface area contributed by atoms with Crippen molar-refractivity contribution in [3.63, 3.8) is 0 Å². The molecule has 0 amide bonds. The van der Waals surface area contributed by atoms with Gasteiger partial charge in [-0.15, -0.1) is 0 Å². The van der Waals surface area contributed by atoms with Crippen molar-refractivity contribution in [1.29, 1.82) is 0 Å². The largest absolute Gasteiger partial charge is 0.376 e. The summed E-state index contributed by atoms with van der Waals surface area (Å²) in [6.45, 7) is 4.71. The number of halogens is 1. The van der Waals surface area contributed by atoms with Crippen molar-refractivity contribution in [3.8, 4) is 0 Å². The first-order valence-corrected chi connectivity index (χ1v) is 6.31. The Balaban J connectivity index is 2.37. The molecule has 0 saturated carbocycles. The molecule has 0 aromatic heterocycles.